The lowest BCUT2D eigenvalue weighted by Gasteiger charge is -2.23. The van der Waals surface area contributed by atoms with Crippen LogP contribution in [0.25, 0.3) is 0 Å². The van der Waals surface area contributed by atoms with Gasteiger partial charge in [0.05, 0.1) is 12.7 Å². The second-order valence-electron chi connectivity index (χ2n) is 4.39. The zero-order valence-electron chi connectivity index (χ0n) is 10.3. The van der Waals surface area contributed by atoms with E-state index in [1.165, 1.54) is 0 Å². The monoisotopic (exact) mass is 326 g/mol. The van der Waals surface area contributed by atoms with E-state index in [2.05, 4.69) is 15.9 Å². The molecular weight excluding hydrogens is 312 g/mol. The Labute approximate surface area is 119 Å². The largest absolute Gasteiger partial charge is 0.497 e. The van der Waals surface area contributed by atoms with E-state index in [1.54, 1.807) is 18.4 Å². The first-order valence-electron chi connectivity index (χ1n) is 5.62. The Hall–Kier alpha value is -0.840. The maximum atomic E-state index is 10.6. The van der Waals surface area contributed by atoms with Crippen molar-refractivity contribution in [1.29, 1.82) is 0 Å². The van der Waals surface area contributed by atoms with Crippen LogP contribution in [0, 0.1) is 0 Å². The van der Waals surface area contributed by atoms with E-state index in [-0.39, 0.29) is 0 Å². The van der Waals surface area contributed by atoms with Gasteiger partial charge in [-0.3, -0.25) is 0 Å². The maximum Gasteiger partial charge on any atom is 0.119 e. The molecule has 2 nitrogen and oxygen atoms in total. The Morgan fingerprint density at radius 2 is 2.17 bits per heavy atom. The molecule has 1 aromatic heterocycles. The summed E-state index contributed by atoms with van der Waals surface area (Å²) in [6.07, 6.45) is 0.547. The molecule has 1 unspecified atom stereocenters. The fourth-order valence-corrected chi connectivity index (χ4v) is 3.03. The molecule has 1 N–H and O–H groups in total. The van der Waals surface area contributed by atoms with Gasteiger partial charge in [0.25, 0.3) is 0 Å². The molecule has 2 rings (SSSR count). The quantitative estimate of drug-likeness (QED) is 0.921. The van der Waals surface area contributed by atoms with Gasteiger partial charge in [-0.15, -0.1) is 11.3 Å². The molecule has 0 fully saturated rings. The number of methoxy groups -OCH3 is 1. The lowest BCUT2D eigenvalue weighted by Crippen LogP contribution is -2.23. The van der Waals surface area contributed by atoms with Gasteiger partial charge in [-0.1, -0.05) is 22.0 Å². The van der Waals surface area contributed by atoms with Gasteiger partial charge in [-0.05, 0) is 42.1 Å². The highest BCUT2D eigenvalue weighted by molar-refractivity contribution is 9.10. The van der Waals surface area contributed by atoms with E-state index < -0.39 is 5.60 Å². The fourth-order valence-electron chi connectivity index (χ4n) is 1.86. The molecule has 0 aliphatic rings. The first kappa shape index (κ1) is 13.6. The topological polar surface area (TPSA) is 29.5 Å². The number of rotatable bonds is 4. The van der Waals surface area contributed by atoms with Crippen molar-refractivity contribution >= 4 is 27.3 Å². The number of hydrogen-bond acceptors (Lipinski definition) is 3. The Morgan fingerprint density at radius 1 is 1.39 bits per heavy atom. The van der Waals surface area contributed by atoms with Crippen molar-refractivity contribution < 1.29 is 9.84 Å². The summed E-state index contributed by atoms with van der Waals surface area (Å²) in [5.41, 5.74) is 0.177. The smallest absolute Gasteiger partial charge is 0.119 e. The van der Waals surface area contributed by atoms with Crippen LogP contribution in [0.15, 0.2) is 40.2 Å². The van der Waals surface area contributed by atoms with Crippen LogP contribution in [0.5, 0.6) is 5.75 Å². The minimum atomic E-state index is -0.858. The molecule has 0 amide bonds. The highest BCUT2D eigenvalue weighted by atomic mass is 79.9. The molecule has 1 atom stereocenters. The zero-order chi connectivity index (χ0) is 13.2. The first-order valence-corrected chi connectivity index (χ1v) is 7.29. The number of ether oxygens (including phenoxy) is 1. The molecule has 0 radical (unpaired) electrons. The maximum absolute atomic E-state index is 10.6. The van der Waals surface area contributed by atoms with Crippen LogP contribution in [-0.4, -0.2) is 12.2 Å². The molecule has 0 saturated heterocycles. The summed E-state index contributed by atoms with van der Waals surface area (Å²) >= 11 is 5.08. The van der Waals surface area contributed by atoms with Crippen molar-refractivity contribution in [3.63, 3.8) is 0 Å². The average Bonchev–Trinajstić information content (AvgIpc) is 2.86. The van der Waals surface area contributed by atoms with Gasteiger partial charge in [-0.25, -0.2) is 0 Å². The van der Waals surface area contributed by atoms with E-state index in [4.69, 9.17) is 4.74 Å². The number of aliphatic hydroxyl groups is 1. The SMILES string of the molecule is COc1ccc(Br)c(CC(C)(O)c2cccs2)c1. The van der Waals surface area contributed by atoms with Crippen LogP contribution in [-0.2, 0) is 12.0 Å². The lowest BCUT2D eigenvalue weighted by molar-refractivity contribution is 0.0613. The molecule has 4 heteroatoms. The third-order valence-electron chi connectivity index (χ3n) is 2.84. The fraction of sp³-hybridized carbons (Fsp3) is 0.286. The summed E-state index contributed by atoms with van der Waals surface area (Å²) in [5, 5.41) is 12.5. The van der Waals surface area contributed by atoms with Gasteiger partial charge in [0.15, 0.2) is 0 Å². The summed E-state index contributed by atoms with van der Waals surface area (Å²) in [7, 11) is 1.64. The van der Waals surface area contributed by atoms with Crippen LogP contribution in [0.4, 0.5) is 0 Å². The van der Waals surface area contributed by atoms with E-state index in [1.807, 2.05) is 42.6 Å². The lowest BCUT2D eigenvalue weighted by atomic mass is 9.95. The predicted octanol–water partition coefficient (Wildman–Crippen LogP) is 3.97. The first-order chi connectivity index (χ1) is 8.53. The number of hydrogen-bond donors (Lipinski definition) is 1. The molecule has 2 aromatic rings. The predicted molar refractivity (Wildman–Crippen MR) is 78.3 cm³/mol. The molecule has 18 heavy (non-hydrogen) atoms. The van der Waals surface area contributed by atoms with Crippen LogP contribution >= 0.6 is 27.3 Å². The van der Waals surface area contributed by atoms with Gasteiger partial charge in [-0.2, -0.15) is 0 Å². The van der Waals surface area contributed by atoms with Gasteiger partial charge < -0.3 is 9.84 Å². The number of benzene rings is 1. The van der Waals surface area contributed by atoms with E-state index in [0.29, 0.717) is 6.42 Å². The van der Waals surface area contributed by atoms with Crippen LogP contribution < -0.4 is 4.74 Å². The van der Waals surface area contributed by atoms with Crippen molar-refractivity contribution in [2.45, 2.75) is 18.9 Å². The average molecular weight is 327 g/mol. The van der Waals surface area contributed by atoms with Crippen molar-refractivity contribution in [2.24, 2.45) is 0 Å². The minimum Gasteiger partial charge on any atom is -0.497 e. The molecule has 1 heterocycles. The normalized spacial score (nSPS) is 14.2. The van der Waals surface area contributed by atoms with Crippen LogP contribution in [0.2, 0.25) is 0 Å². The molecule has 96 valence electrons. The molecular formula is C14H15BrO2S. The second-order valence-corrected chi connectivity index (χ2v) is 6.19. The molecule has 1 aromatic carbocycles. The van der Waals surface area contributed by atoms with E-state index in [0.717, 1.165) is 20.7 Å². The standard InChI is InChI=1S/C14H15BrO2S/c1-14(16,13-4-3-7-18-13)9-10-8-11(17-2)5-6-12(10)15/h3-8,16H,9H2,1-2H3. The molecule has 0 spiro atoms. The second kappa shape index (κ2) is 5.43. The van der Waals surface area contributed by atoms with E-state index in [9.17, 15) is 5.11 Å². The Bertz CT molecular complexity index is 521. The summed E-state index contributed by atoms with van der Waals surface area (Å²) < 4.78 is 6.20. The van der Waals surface area contributed by atoms with Gasteiger partial charge >= 0.3 is 0 Å². The summed E-state index contributed by atoms with van der Waals surface area (Å²) in [5.74, 6) is 0.801. The zero-order valence-corrected chi connectivity index (χ0v) is 12.7. The molecule has 0 aliphatic heterocycles. The highest BCUT2D eigenvalue weighted by Gasteiger charge is 2.25. The molecule has 0 bridgehead atoms. The van der Waals surface area contributed by atoms with E-state index >= 15 is 0 Å². The van der Waals surface area contributed by atoms with Gasteiger partial charge in [0, 0.05) is 15.8 Å². The van der Waals surface area contributed by atoms with Crippen molar-refractivity contribution in [1.82, 2.24) is 0 Å². The Kier molecular flexibility index (Phi) is 4.10. The van der Waals surface area contributed by atoms with Crippen LogP contribution in [0.1, 0.15) is 17.4 Å². The molecule has 0 saturated carbocycles. The summed E-state index contributed by atoms with van der Waals surface area (Å²) in [4.78, 5) is 0.970. The minimum absolute atomic E-state index is 0.547. The Balaban J connectivity index is 2.28. The highest BCUT2D eigenvalue weighted by Crippen LogP contribution is 2.32. The summed E-state index contributed by atoms with van der Waals surface area (Å²) in [6, 6.07) is 9.70. The van der Waals surface area contributed by atoms with Crippen LogP contribution in [0.3, 0.4) is 0 Å². The molecule has 0 aliphatic carbocycles. The third kappa shape index (κ3) is 2.94. The number of thiophene rings is 1. The van der Waals surface area contributed by atoms with Crippen molar-refractivity contribution in [3.8, 4) is 5.75 Å². The van der Waals surface area contributed by atoms with Crippen molar-refractivity contribution in [3.05, 3.63) is 50.6 Å². The third-order valence-corrected chi connectivity index (χ3v) is 4.74. The number of halogens is 1. The van der Waals surface area contributed by atoms with Gasteiger partial charge in [0.1, 0.15) is 5.75 Å². The summed E-state index contributed by atoms with van der Waals surface area (Å²) in [6.45, 7) is 1.84. The van der Waals surface area contributed by atoms with Crippen molar-refractivity contribution in [2.75, 3.05) is 7.11 Å². The van der Waals surface area contributed by atoms with Gasteiger partial charge in [0.2, 0.25) is 0 Å². The Morgan fingerprint density at radius 3 is 2.78 bits per heavy atom.